The summed E-state index contributed by atoms with van der Waals surface area (Å²) in [5, 5.41) is 2.93. The number of ketones is 1. The maximum atomic E-state index is 12.0. The molecule has 1 N–H and O–H groups in total. The zero-order valence-electron chi connectivity index (χ0n) is 12.6. The molecule has 0 heterocycles. The molecule has 0 unspecified atom stereocenters. The van der Waals surface area contributed by atoms with Crippen LogP contribution in [0.4, 0.5) is 5.69 Å². The van der Waals surface area contributed by atoms with E-state index in [-0.39, 0.29) is 11.5 Å². The Labute approximate surface area is 119 Å². The van der Waals surface area contributed by atoms with Gasteiger partial charge in [-0.05, 0) is 19.1 Å². The Bertz CT molecular complexity index is 522. The number of hydrogen-bond donors (Lipinski definition) is 1. The molecule has 0 spiro atoms. The largest absolute Gasteiger partial charge is 0.464 e. The van der Waals surface area contributed by atoms with E-state index in [4.69, 9.17) is 4.74 Å². The summed E-state index contributed by atoms with van der Waals surface area (Å²) in [6.07, 6.45) is 1.30. The van der Waals surface area contributed by atoms with Crippen LogP contribution in [0.25, 0.3) is 0 Å². The van der Waals surface area contributed by atoms with Crippen LogP contribution in [0.2, 0.25) is 0 Å². The molecule has 0 saturated carbocycles. The highest BCUT2D eigenvalue weighted by atomic mass is 16.5. The fourth-order valence-electron chi connectivity index (χ4n) is 1.40. The van der Waals surface area contributed by atoms with Crippen molar-refractivity contribution in [2.24, 2.45) is 5.41 Å². The van der Waals surface area contributed by atoms with Crippen molar-refractivity contribution in [2.75, 3.05) is 12.4 Å². The second kappa shape index (κ2) is 6.37. The molecule has 0 aliphatic carbocycles. The predicted molar refractivity (Wildman–Crippen MR) is 79.4 cm³/mol. The lowest BCUT2D eigenvalue weighted by molar-refractivity contribution is -0.136. The summed E-state index contributed by atoms with van der Waals surface area (Å²) in [6.45, 7) is 7.37. The number of allylic oxidation sites excluding steroid dienone is 1. The van der Waals surface area contributed by atoms with E-state index >= 15 is 0 Å². The number of carbonyl (C=O) groups excluding carboxylic acids is 2. The number of nitrogens with one attached hydrogen (secondary N) is 1. The van der Waals surface area contributed by atoms with Crippen LogP contribution in [0.5, 0.6) is 0 Å². The maximum Gasteiger partial charge on any atom is 0.354 e. The average Bonchev–Trinajstić information content (AvgIpc) is 2.38. The summed E-state index contributed by atoms with van der Waals surface area (Å²) in [5.74, 6) is -0.708. The van der Waals surface area contributed by atoms with Gasteiger partial charge in [0.2, 0.25) is 0 Å². The number of esters is 1. The molecule has 0 bridgehead atoms. The van der Waals surface area contributed by atoms with Crippen molar-refractivity contribution in [1.29, 1.82) is 0 Å². The summed E-state index contributed by atoms with van der Waals surface area (Å²) in [6, 6.07) is 7.52. The quantitative estimate of drug-likeness (QED) is 0.677. The molecule has 4 heteroatoms. The van der Waals surface area contributed by atoms with E-state index in [1.165, 1.54) is 13.2 Å². The van der Waals surface area contributed by atoms with Gasteiger partial charge in [0.15, 0.2) is 5.78 Å². The second-order valence-electron chi connectivity index (χ2n) is 5.65. The van der Waals surface area contributed by atoms with Gasteiger partial charge in [-0.2, -0.15) is 0 Å². The molecule has 20 heavy (non-hydrogen) atoms. The molecule has 1 aromatic carbocycles. The van der Waals surface area contributed by atoms with Crippen LogP contribution in [-0.4, -0.2) is 18.9 Å². The lowest BCUT2D eigenvalue weighted by atomic mass is 9.90. The lowest BCUT2D eigenvalue weighted by Gasteiger charge is -2.15. The smallest absolute Gasteiger partial charge is 0.354 e. The molecule has 0 atom stereocenters. The van der Waals surface area contributed by atoms with Crippen LogP contribution in [0.1, 0.15) is 26.3 Å². The van der Waals surface area contributed by atoms with Crippen LogP contribution >= 0.6 is 0 Å². The molecule has 0 amide bonds. The zero-order chi connectivity index (χ0) is 15.3. The van der Waals surface area contributed by atoms with Crippen LogP contribution < -0.4 is 5.32 Å². The van der Waals surface area contributed by atoms with E-state index in [9.17, 15) is 9.59 Å². The van der Waals surface area contributed by atoms with E-state index in [1.807, 2.05) is 31.2 Å². The van der Waals surface area contributed by atoms with Crippen LogP contribution in [-0.2, 0) is 14.3 Å². The highest BCUT2D eigenvalue weighted by Crippen LogP contribution is 2.18. The Balaban J connectivity index is 3.02. The molecular weight excluding hydrogens is 254 g/mol. The van der Waals surface area contributed by atoms with Gasteiger partial charge >= 0.3 is 5.97 Å². The Kier molecular flexibility index (Phi) is 5.08. The predicted octanol–water partition coefficient (Wildman–Crippen LogP) is 3.08. The molecule has 1 rings (SSSR count). The standard InChI is InChI=1S/C16H21NO3/c1-11-6-8-12(9-7-11)17-13(15(19)20-5)10-14(18)16(2,3)4/h6-10,17H,1-5H3/b13-10-. The van der Waals surface area contributed by atoms with Gasteiger partial charge in [0.25, 0.3) is 0 Å². The van der Waals surface area contributed by atoms with Crippen LogP contribution in [0, 0.1) is 12.3 Å². The highest BCUT2D eigenvalue weighted by Gasteiger charge is 2.22. The summed E-state index contributed by atoms with van der Waals surface area (Å²) >= 11 is 0. The topological polar surface area (TPSA) is 55.4 Å². The number of hydrogen-bond acceptors (Lipinski definition) is 4. The van der Waals surface area contributed by atoms with Crippen molar-refractivity contribution < 1.29 is 14.3 Å². The van der Waals surface area contributed by atoms with Gasteiger partial charge < -0.3 is 10.1 Å². The van der Waals surface area contributed by atoms with E-state index in [0.29, 0.717) is 0 Å². The van der Waals surface area contributed by atoms with Crippen molar-refractivity contribution >= 4 is 17.4 Å². The Morgan fingerprint density at radius 2 is 1.70 bits per heavy atom. The number of benzene rings is 1. The molecular formula is C16H21NO3. The van der Waals surface area contributed by atoms with E-state index in [0.717, 1.165) is 11.3 Å². The number of ether oxygens (including phenoxy) is 1. The number of aryl methyl sites for hydroxylation is 1. The third-order valence-electron chi connectivity index (χ3n) is 2.75. The summed E-state index contributed by atoms with van der Waals surface area (Å²) < 4.78 is 4.70. The SMILES string of the molecule is COC(=O)/C(=C/C(=O)C(C)(C)C)Nc1ccc(C)cc1. The minimum absolute atomic E-state index is 0.135. The lowest BCUT2D eigenvalue weighted by Crippen LogP contribution is -2.22. The van der Waals surface area contributed by atoms with E-state index in [2.05, 4.69) is 5.32 Å². The molecule has 0 fully saturated rings. The van der Waals surface area contributed by atoms with Gasteiger partial charge in [0.1, 0.15) is 5.70 Å². The monoisotopic (exact) mass is 275 g/mol. The molecule has 4 nitrogen and oxygen atoms in total. The van der Waals surface area contributed by atoms with E-state index < -0.39 is 11.4 Å². The van der Waals surface area contributed by atoms with Crippen molar-refractivity contribution in [3.05, 3.63) is 41.6 Å². The van der Waals surface area contributed by atoms with Gasteiger partial charge in [-0.1, -0.05) is 38.5 Å². The molecule has 0 aromatic heterocycles. The number of methoxy groups -OCH3 is 1. The summed E-state index contributed by atoms with van der Waals surface area (Å²) in [5.41, 5.74) is 1.43. The molecule has 0 radical (unpaired) electrons. The Morgan fingerprint density at radius 3 is 2.15 bits per heavy atom. The van der Waals surface area contributed by atoms with E-state index in [1.54, 1.807) is 20.8 Å². The first-order valence-corrected chi connectivity index (χ1v) is 6.42. The van der Waals surface area contributed by atoms with Gasteiger partial charge in [-0.3, -0.25) is 4.79 Å². The number of carbonyl (C=O) groups is 2. The first-order valence-electron chi connectivity index (χ1n) is 6.42. The first-order chi connectivity index (χ1) is 9.24. The van der Waals surface area contributed by atoms with Gasteiger partial charge in [-0.15, -0.1) is 0 Å². The fourth-order valence-corrected chi connectivity index (χ4v) is 1.40. The summed E-state index contributed by atoms with van der Waals surface area (Å²) in [7, 11) is 1.29. The summed E-state index contributed by atoms with van der Waals surface area (Å²) in [4.78, 5) is 23.8. The maximum absolute atomic E-state index is 12.0. The van der Waals surface area contributed by atoms with Crippen molar-refractivity contribution in [2.45, 2.75) is 27.7 Å². The zero-order valence-corrected chi connectivity index (χ0v) is 12.6. The van der Waals surface area contributed by atoms with Crippen LogP contribution in [0.15, 0.2) is 36.0 Å². The minimum Gasteiger partial charge on any atom is -0.464 e. The van der Waals surface area contributed by atoms with Crippen molar-refractivity contribution in [3.8, 4) is 0 Å². The average molecular weight is 275 g/mol. The molecule has 0 aliphatic heterocycles. The van der Waals surface area contributed by atoms with Gasteiger partial charge in [0, 0.05) is 17.2 Å². The highest BCUT2D eigenvalue weighted by molar-refractivity contribution is 6.03. The number of rotatable bonds is 4. The fraction of sp³-hybridized carbons (Fsp3) is 0.375. The molecule has 108 valence electrons. The third kappa shape index (κ3) is 4.53. The normalized spacial score (nSPS) is 11.9. The minimum atomic E-state index is -0.567. The Morgan fingerprint density at radius 1 is 1.15 bits per heavy atom. The molecule has 0 saturated heterocycles. The third-order valence-corrected chi connectivity index (χ3v) is 2.75. The second-order valence-corrected chi connectivity index (χ2v) is 5.65. The Hall–Kier alpha value is -2.10. The van der Waals surface area contributed by atoms with Crippen molar-refractivity contribution in [3.63, 3.8) is 0 Å². The van der Waals surface area contributed by atoms with Crippen LogP contribution in [0.3, 0.4) is 0 Å². The first kappa shape index (κ1) is 16.0. The van der Waals surface area contributed by atoms with Crippen molar-refractivity contribution in [1.82, 2.24) is 0 Å². The van der Waals surface area contributed by atoms with Gasteiger partial charge in [0.05, 0.1) is 7.11 Å². The molecule has 1 aromatic rings. The van der Waals surface area contributed by atoms with Gasteiger partial charge in [-0.25, -0.2) is 4.79 Å². The number of anilines is 1. The molecule has 0 aliphatic rings.